The summed E-state index contributed by atoms with van der Waals surface area (Å²) in [5, 5.41) is 0. The van der Waals surface area contributed by atoms with Crippen LogP contribution < -0.4 is 0 Å². The fourth-order valence-corrected chi connectivity index (χ4v) is 1.42. The summed E-state index contributed by atoms with van der Waals surface area (Å²) in [7, 11) is 2.64. The van der Waals surface area contributed by atoms with Gasteiger partial charge in [-0.3, -0.25) is 19.2 Å². The summed E-state index contributed by atoms with van der Waals surface area (Å²) < 4.78 is 18.1. The second-order valence-electron chi connectivity index (χ2n) is 4.47. The summed E-state index contributed by atoms with van der Waals surface area (Å²) in [4.78, 5) is 42.6. The van der Waals surface area contributed by atoms with Crippen LogP contribution in [0.4, 0.5) is 0 Å². The predicted molar refractivity (Wildman–Crippen MR) is 85.0 cm³/mol. The molecule has 0 radical (unpaired) electrons. The van der Waals surface area contributed by atoms with Crippen molar-refractivity contribution in [3.8, 4) is 0 Å². The van der Waals surface area contributed by atoms with Crippen molar-refractivity contribution in [2.45, 2.75) is 52.4 Å². The van der Waals surface area contributed by atoms with Gasteiger partial charge >= 0.3 is 23.9 Å². The Bertz CT molecular complexity index is 344. The van der Waals surface area contributed by atoms with Crippen molar-refractivity contribution in [2.75, 3.05) is 27.4 Å². The Morgan fingerprint density at radius 2 is 0.875 bits per heavy atom. The molecule has 0 heterocycles. The van der Waals surface area contributed by atoms with E-state index >= 15 is 0 Å². The summed E-state index contributed by atoms with van der Waals surface area (Å²) in [6.07, 6.45) is 2.09. The van der Waals surface area contributed by atoms with Gasteiger partial charge in [0.1, 0.15) is 0 Å². The molecule has 0 aliphatic carbocycles. The third-order valence-electron chi connectivity index (χ3n) is 2.59. The van der Waals surface area contributed by atoms with Crippen molar-refractivity contribution in [2.24, 2.45) is 0 Å². The standard InChI is InChI=1S/C9H16O4.C7H12O4/c1-3-12-8(10)6-5-7-9(11)13-4-2;1-10-6(8)4-3-5-7(9)11-2/h3-7H2,1-2H3;3-5H2,1-2H3. The van der Waals surface area contributed by atoms with Crippen LogP contribution in [0, 0.1) is 0 Å². The maximum absolute atomic E-state index is 10.8. The van der Waals surface area contributed by atoms with Gasteiger partial charge in [0, 0.05) is 25.7 Å². The molecule has 0 atom stereocenters. The summed E-state index contributed by atoms with van der Waals surface area (Å²) in [5.41, 5.74) is 0. The lowest BCUT2D eigenvalue weighted by Gasteiger charge is -2.01. The molecule has 0 N–H and O–H groups in total. The quantitative estimate of drug-likeness (QED) is 0.434. The number of rotatable bonds is 10. The van der Waals surface area contributed by atoms with Crippen molar-refractivity contribution in [3.63, 3.8) is 0 Å². The maximum Gasteiger partial charge on any atom is 0.305 e. The molecule has 0 aliphatic heterocycles. The van der Waals surface area contributed by atoms with Gasteiger partial charge in [-0.1, -0.05) is 0 Å². The van der Waals surface area contributed by atoms with Gasteiger partial charge in [0.15, 0.2) is 0 Å². The number of esters is 4. The average molecular weight is 348 g/mol. The zero-order chi connectivity index (χ0) is 18.8. The molecule has 0 rings (SSSR count). The molecule has 0 aliphatic rings. The molecule has 0 aromatic carbocycles. The molecular formula is C16H28O8. The first kappa shape index (κ1) is 24.1. The molecule has 0 spiro atoms. The Balaban J connectivity index is 0. The van der Waals surface area contributed by atoms with E-state index in [4.69, 9.17) is 9.47 Å². The molecule has 0 saturated heterocycles. The smallest absolute Gasteiger partial charge is 0.305 e. The van der Waals surface area contributed by atoms with Gasteiger partial charge in [0.25, 0.3) is 0 Å². The van der Waals surface area contributed by atoms with Gasteiger partial charge in [0.05, 0.1) is 27.4 Å². The molecular weight excluding hydrogens is 320 g/mol. The minimum absolute atomic E-state index is 0.258. The number of ether oxygens (including phenoxy) is 4. The lowest BCUT2D eigenvalue weighted by atomic mass is 10.2. The molecule has 0 amide bonds. The molecule has 0 aromatic heterocycles. The van der Waals surface area contributed by atoms with Gasteiger partial charge in [-0.2, -0.15) is 0 Å². The highest BCUT2D eigenvalue weighted by Crippen LogP contribution is 1.99. The lowest BCUT2D eigenvalue weighted by molar-refractivity contribution is -0.145. The van der Waals surface area contributed by atoms with Crippen LogP contribution in [-0.4, -0.2) is 51.3 Å². The molecule has 24 heavy (non-hydrogen) atoms. The van der Waals surface area contributed by atoms with Crippen molar-refractivity contribution in [1.82, 2.24) is 0 Å². The third-order valence-corrected chi connectivity index (χ3v) is 2.59. The second-order valence-corrected chi connectivity index (χ2v) is 4.47. The first-order valence-corrected chi connectivity index (χ1v) is 7.86. The van der Waals surface area contributed by atoms with Crippen molar-refractivity contribution in [3.05, 3.63) is 0 Å². The van der Waals surface area contributed by atoms with Crippen LogP contribution >= 0.6 is 0 Å². The van der Waals surface area contributed by atoms with Gasteiger partial charge in [-0.15, -0.1) is 0 Å². The molecule has 8 heteroatoms. The number of carbonyl (C=O) groups excluding carboxylic acids is 4. The Morgan fingerprint density at radius 3 is 1.12 bits per heavy atom. The van der Waals surface area contributed by atoms with E-state index in [-0.39, 0.29) is 49.6 Å². The highest BCUT2D eigenvalue weighted by molar-refractivity contribution is 5.72. The van der Waals surface area contributed by atoms with E-state index in [9.17, 15) is 19.2 Å². The predicted octanol–water partition coefficient (Wildman–Crippen LogP) is 1.79. The minimum atomic E-state index is -0.297. The molecule has 8 nitrogen and oxygen atoms in total. The third kappa shape index (κ3) is 17.9. The Labute approximate surface area is 142 Å². The van der Waals surface area contributed by atoms with E-state index in [2.05, 4.69) is 9.47 Å². The molecule has 0 fully saturated rings. The molecule has 0 unspecified atom stereocenters. The summed E-state index contributed by atoms with van der Waals surface area (Å²) in [6.45, 7) is 4.28. The Hall–Kier alpha value is -2.12. The van der Waals surface area contributed by atoms with Crippen molar-refractivity contribution < 1.29 is 38.1 Å². The normalized spacial score (nSPS) is 9.17. The maximum atomic E-state index is 10.8. The Morgan fingerprint density at radius 1 is 0.583 bits per heavy atom. The van der Waals surface area contributed by atoms with Crippen molar-refractivity contribution in [1.29, 1.82) is 0 Å². The van der Waals surface area contributed by atoms with E-state index < -0.39 is 0 Å². The molecule has 0 bridgehead atoms. The van der Waals surface area contributed by atoms with Crippen LogP contribution in [0.15, 0.2) is 0 Å². The van der Waals surface area contributed by atoms with Gasteiger partial charge in [-0.25, -0.2) is 0 Å². The van der Waals surface area contributed by atoms with Crippen LogP contribution in [0.2, 0.25) is 0 Å². The zero-order valence-electron chi connectivity index (χ0n) is 14.9. The van der Waals surface area contributed by atoms with Crippen LogP contribution in [0.5, 0.6) is 0 Å². The fourth-order valence-electron chi connectivity index (χ4n) is 1.42. The van der Waals surface area contributed by atoms with E-state index in [0.29, 0.717) is 26.1 Å². The van der Waals surface area contributed by atoms with Gasteiger partial charge in [0.2, 0.25) is 0 Å². The molecule has 140 valence electrons. The first-order chi connectivity index (χ1) is 11.4. The van der Waals surface area contributed by atoms with Crippen LogP contribution in [-0.2, 0) is 38.1 Å². The molecule has 0 aromatic rings. The number of carbonyl (C=O) groups is 4. The van der Waals surface area contributed by atoms with Crippen LogP contribution in [0.3, 0.4) is 0 Å². The SMILES string of the molecule is CCOC(=O)CCCC(=O)OCC.COC(=O)CCCC(=O)OC. The lowest BCUT2D eigenvalue weighted by Crippen LogP contribution is -2.07. The molecule has 0 saturated carbocycles. The largest absolute Gasteiger partial charge is 0.469 e. The first-order valence-electron chi connectivity index (χ1n) is 7.86. The fraction of sp³-hybridized carbons (Fsp3) is 0.750. The summed E-state index contributed by atoms with van der Waals surface area (Å²) in [6, 6.07) is 0. The number of methoxy groups -OCH3 is 2. The topological polar surface area (TPSA) is 105 Å². The Kier molecular flexibility index (Phi) is 17.3. The monoisotopic (exact) mass is 348 g/mol. The van der Waals surface area contributed by atoms with E-state index in [1.807, 2.05) is 0 Å². The highest BCUT2D eigenvalue weighted by atomic mass is 16.5. The van der Waals surface area contributed by atoms with Gasteiger partial charge < -0.3 is 18.9 Å². The number of hydrogen-bond donors (Lipinski definition) is 0. The van der Waals surface area contributed by atoms with Crippen LogP contribution in [0.1, 0.15) is 52.4 Å². The highest BCUT2D eigenvalue weighted by Gasteiger charge is 2.05. The van der Waals surface area contributed by atoms with E-state index in [1.165, 1.54) is 14.2 Å². The van der Waals surface area contributed by atoms with Gasteiger partial charge in [-0.05, 0) is 26.7 Å². The zero-order valence-corrected chi connectivity index (χ0v) is 14.9. The van der Waals surface area contributed by atoms with E-state index in [1.54, 1.807) is 13.8 Å². The second kappa shape index (κ2) is 17.2. The summed E-state index contributed by atoms with van der Waals surface area (Å²) in [5.74, 6) is -1.11. The number of hydrogen-bond acceptors (Lipinski definition) is 8. The average Bonchev–Trinajstić information content (AvgIpc) is 2.55. The van der Waals surface area contributed by atoms with E-state index in [0.717, 1.165) is 0 Å². The van der Waals surface area contributed by atoms with Crippen molar-refractivity contribution >= 4 is 23.9 Å². The minimum Gasteiger partial charge on any atom is -0.469 e. The van der Waals surface area contributed by atoms with Crippen LogP contribution in [0.25, 0.3) is 0 Å². The summed E-state index contributed by atoms with van der Waals surface area (Å²) >= 11 is 0.